The monoisotopic (exact) mass is 401 g/mol. The van der Waals surface area contributed by atoms with E-state index in [1.165, 1.54) is 20.3 Å². The molecule has 0 atom stereocenters. The summed E-state index contributed by atoms with van der Waals surface area (Å²) in [5, 5.41) is 8.41. The van der Waals surface area contributed by atoms with Crippen LogP contribution in [-0.2, 0) is 6.42 Å². The van der Waals surface area contributed by atoms with Gasteiger partial charge in [0, 0.05) is 21.2 Å². The molecule has 22 heavy (non-hydrogen) atoms. The number of fused-ring (bicyclic) bond motifs is 1. The van der Waals surface area contributed by atoms with E-state index in [9.17, 15) is 0 Å². The summed E-state index contributed by atoms with van der Waals surface area (Å²) in [5.74, 6) is 1.14. The number of benzene rings is 2. The molecule has 4 heteroatoms. The van der Waals surface area contributed by atoms with E-state index in [1.807, 2.05) is 0 Å². The Bertz CT molecular complexity index is 834. The molecule has 1 aliphatic heterocycles. The van der Waals surface area contributed by atoms with Crippen molar-refractivity contribution < 1.29 is 0 Å². The standard InChI is InChI=1S/C18H16IN3/c1-12-4-2-3-5-16(12)22-18-15(10-11-20-18)17(21-22)13-6-8-14(19)9-7-13/h2-9,20H,10-11H2,1H3. The number of aryl methyl sites for hydroxylation is 1. The van der Waals surface area contributed by atoms with E-state index < -0.39 is 0 Å². The summed E-state index contributed by atoms with van der Waals surface area (Å²) in [6.45, 7) is 3.11. The highest BCUT2D eigenvalue weighted by Crippen LogP contribution is 2.35. The van der Waals surface area contributed by atoms with Crippen molar-refractivity contribution in [3.63, 3.8) is 0 Å². The molecule has 1 aliphatic rings. The SMILES string of the molecule is Cc1ccccc1-n1nc(-c2ccc(I)cc2)c2c1NCC2. The molecule has 0 amide bonds. The van der Waals surface area contributed by atoms with Crippen LogP contribution in [0, 0.1) is 10.5 Å². The van der Waals surface area contributed by atoms with Gasteiger partial charge >= 0.3 is 0 Å². The van der Waals surface area contributed by atoms with Gasteiger partial charge in [-0.1, -0.05) is 30.3 Å². The van der Waals surface area contributed by atoms with E-state index in [0.29, 0.717) is 0 Å². The average Bonchev–Trinajstić information content (AvgIpc) is 3.11. The summed E-state index contributed by atoms with van der Waals surface area (Å²) in [5.41, 5.74) is 5.98. The van der Waals surface area contributed by atoms with Crippen LogP contribution >= 0.6 is 22.6 Å². The Morgan fingerprint density at radius 3 is 2.64 bits per heavy atom. The number of nitrogens with one attached hydrogen (secondary N) is 1. The van der Waals surface area contributed by atoms with Gasteiger partial charge in [-0.05, 0) is 59.7 Å². The number of anilines is 1. The molecule has 1 N–H and O–H groups in total. The van der Waals surface area contributed by atoms with E-state index in [2.05, 4.69) is 88.0 Å². The molecule has 0 saturated heterocycles. The van der Waals surface area contributed by atoms with Gasteiger partial charge in [0.1, 0.15) is 5.82 Å². The van der Waals surface area contributed by atoms with Gasteiger partial charge < -0.3 is 5.32 Å². The fraction of sp³-hybridized carbons (Fsp3) is 0.167. The van der Waals surface area contributed by atoms with Crippen molar-refractivity contribution in [2.75, 3.05) is 11.9 Å². The first-order valence-corrected chi connectivity index (χ1v) is 8.49. The second-order valence-corrected chi connectivity index (χ2v) is 6.80. The lowest BCUT2D eigenvalue weighted by Crippen LogP contribution is -2.05. The van der Waals surface area contributed by atoms with Crippen molar-refractivity contribution in [1.82, 2.24) is 9.78 Å². The van der Waals surface area contributed by atoms with Gasteiger partial charge in [-0.2, -0.15) is 5.10 Å². The predicted octanol–water partition coefficient (Wildman–Crippen LogP) is 4.42. The minimum atomic E-state index is 0.983. The number of para-hydroxylation sites is 1. The van der Waals surface area contributed by atoms with Crippen LogP contribution in [0.2, 0.25) is 0 Å². The highest BCUT2D eigenvalue weighted by Gasteiger charge is 2.24. The highest BCUT2D eigenvalue weighted by molar-refractivity contribution is 14.1. The molecule has 3 aromatic rings. The minimum Gasteiger partial charge on any atom is -0.369 e. The van der Waals surface area contributed by atoms with E-state index >= 15 is 0 Å². The molecule has 0 spiro atoms. The molecule has 110 valence electrons. The van der Waals surface area contributed by atoms with Crippen LogP contribution in [-0.4, -0.2) is 16.3 Å². The summed E-state index contributed by atoms with van der Waals surface area (Å²) in [6.07, 6.45) is 1.03. The molecule has 0 radical (unpaired) electrons. The third kappa shape index (κ3) is 2.22. The molecule has 0 fully saturated rings. The van der Waals surface area contributed by atoms with Gasteiger partial charge in [0.15, 0.2) is 0 Å². The quantitative estimate of drug-likeness (QED) is 0.645. The van der Waals surface area contributed by atoms with Crippen LogP contribution in [0.5, 0.6) is 0 Å². The number of rotatable bonds is 2. The van der Waals surface area contributed by atoms with Crippen molar-refractivity contribution >= 4 is 28.4 Å². The lowest BCUT2D eigenvalue weighted by atomic mass is 10.1. The molecule has 2 aromatic carbocycles. The first kappa shape index (κ1) is 13.8. The maximum atomic E-state index is 4.91. The second kappa shape index (κ2) is 5.43. The van der Waals surface area contributed by atoms with Gasteiger partial charge in [0.2, 0.25) is 0 Å². The molecular weight excluding hydrogens is 385 g/mol. The minimum absolute atomic E-state index is 0.983. The number of hydrogen-bond donors (Lipinski definition) is 1. The maximum Gasteiger partial charge on any atom is 0.133 e. The zero-order chi connectivity index (χ0) is 15.1. The fourth-order valence-corrected chi connectivity index (χ4v) is 3.35. The molecule has 0 unspecified atom stereocenters. The largest absolute Gasteiger partial charge is 0.369 e. The molecule has 2 heterocycles. The Hall–Kier alpha value is -1.82. The lowest BCUT2D eigenvalue weighted by molar-refractivity contribution is 0.875. The third-order valence-electron chi connectivity index (χ3n) is 4.11. The van der Waals surface area contributed by atoms with Crippen LogP contribution in [0.1, 0.15) is 11.1 Å². The van der Waals surface area contributed by atoms with Gasteiger partial charge in [-0.25, -0.2) is 4.68 Å². The van der Waals surface area contributed by atoms with Crippen molar-refractivity contribution in [3.05, 3.63) is 63.2 Å². The number of halogens is 1. The fourth-order valence-electron chi connectivity index (χ4n) is 2.99. The Morgan fingerprint density at radius 2 is 1.86 bits per heavy atom. The Kier molecular flexibility index (Phi) is 3.41. The summed E-state index contributed by atoms with van der Waals surface area (Å²) in [6, 6.07) is 17.0. The van der Waals surface area contributed by atoms with Crippen LogP contribution < -0.4 is 5.32 Å². The highest BCUT2D eigenvalue weighted by atomic mass is 127. The molecular formula is C18H16IN3. The maximum absolute atomic E-state index is 4.91. The van der Waals surface area contributed by atoms with E-state index in [4.69, 9.17) is 5.10 Å². The topological polar surface area (TPSA) is 29.9 Å². The van der Waals surface area contributed by atoms with Crippen LogP contribution in [0.25, 0.3) is 16.9 Å². The average molecular weight is 401 g/mol. The number of nitrogens with zero attached hydrogens (tertiary/aromatic N) is 2. The van der Waals surface area contributed by atoms with Gasteiger partial charge in [0.25, 0.3) is 0 Å². The first-order chi connectivity index (χ1) is 10.7. The Labute approximate surface area is 143 Å². The third-order valence-corrected chi connectivity index (χ3v) is 4.83. The van der Waals surface area contributed by atoms with Crippen molar-refractivity contribution in [3.8, 4) is 16.9 Å². The Morgan fingerprint density at radius 1 is 1.09 bits per heavy atom. The van der Waals surface area contributed by atoms with Crippen molar-refractivity contribution in [2.24, 2.45) is 0 Å². The van der Waals surface area contributed by atoms with E-state index in [0.717, 1.165) is 30.2 Å². The Balaban J connectivity index is 1.90. The molecule has 0 bridgehead atoms. The molecule has 0 aliphatic carbocycles. The van der Waals surface area contributed by atoms with Crippen LogP contribution in [0.15, 0.2) is 48.5 Å². The van der Waals surface area contributed by atoms with Crippen LogP contribution in [0.3, 0.4) is 0 Å². The van der Waals surface area contributed by atoms with Gasteiger partial charge in [-0.3, -0.25) is 0 Å². The summed E-state index contributed by atoms with van der Waals surface area (Å²) >= 11 is 2.33. The summed E-state index contributed by atoms with van der Waals surface area (Å²) in [7, 11) is 0. The van der Waals surface area contributed by atoms with E-state index in [1.54, 1.807) is 0 Å². The second-order valence-electron chi connectivity index (χ2n) is 5.56. The van der Waals surface area contributed by atoms with Crippen molar-refractivity contribution in [1.29, 1.82) is 0 Å². The lowest BCUT2D eigenvalue weighted by Gasteiger charge is -2.09. The molecule has 3 nitrogen and oxygen atoms in total. The molecule has 4 rings (SSSR count). The first-order valence-electron chi connectivity index (χ1n) is 7.42. The zero-order valence-electron chi connectivity index (χ0n) is 12.3. The number of hydrogen-bond acceptors (Lipinski definition) is 2. The predicted molar refractivity (Wildman–Crippen MR) is 98.6 cm³/mol. The summed E-state index contributed by atoms with van der Waals surface area (Å²) < 4.78 is 3.31. The van der Waals surface area contributed by atoms with Gasteiger partial charge in [0.05, 0.1) is 11.4 Å². The van der Waals surface area contributed by atoms with Crippen molar-refractivity contribution in [2.45, 2.75) is 13.3 Å². The molecule has 0 saturated carbocycles. The normalized spacial score (nSPS) is 13.0. The zero-order valence-corrected chi connectivity index (χ0v) is 14.5. The van der Waals surface area contributed by atoms with Crippen LogP contribution in [0.4, 0.5) is 5.82 Å². The smallest absolute Gasteiger partial charge is 0.133 e. The van der Waals surface area contributed by atoms with E-state index in [-0.39, 0.29) is 0 Å². The summed E-state index contributed by atoms with van der Waals surface area (Å²) in [4.78, 5) is 0. The molecule has 1 aromatic heterocycles. The number of aromatic nitrogens is 2. The van der Waals surface area contributed by atoms with Gasteiger partial charge in [-0.15, -0.1) is 0 Å².